The molecule has 1 spiro atoms. The zero-order valence-electron chi connectivity index (χ0n) is 16.5. The molecule has 1 N–H and O–H groups in total. The van der Waals surface area contributed by atoms with Gasteiger partial charge in [-0.05, 0) is 50.3 Å². The van der Waals surface area contributed by atoms with Crippen LogP contribution in [0.1, 0.15) is 55.3 Å². The van der Waals surface area contributed by atoms with Crippen molar-refractivity contribution >= 4 is 21.4 Å². The van der Waals surface area contributed by atoms with Crippen molar-refractivity contribution in [3.05, 3.63) is 46.1 Å². The lowest BCUT2D eigenvalue weighted by Gasteiger charge is -2.31. The summed E-state index contributed by atoms with van der Waals surface area (Å²) in [5, 5.41) is -0.201. The lowest BCUT2D eigenvalue weighted by molar-refractivity contribution is -0.0420. The van der Waals surface area contributed by atoms with Crippen LogP contribution in [0.25, 0.3) is 0 Å². The minimum absolute atomic E-state index is 0.0706. The summed E-state index contributed by atoms with van der Waals surface area (Å²) < 4.78 is 71.2. The fraction of sp³-hybridized carbons (Fsp3) is 0.550. The highest BCUT2D eigenvalue weighted by atomic mass is 35.5. The minimum Gasteiger partial charge on any atom is -0.362 e. The van der Waals surface area contributed by atoms with Gasteiger partial charge in [0.2, 0.25) is 0 Å². The molecule has 1 atom stereocenters. The van der Waals surface area contributed by atoms with Crippen LogP contribution in [0.15, 0.2) is 23.2 Å². The SMILES string of the molecule is Cc1[nH]c(C(OC2CCC3(CC2)CC3(F)F)c2ccc(F)c(Cl)c2)nc1S(C)(=O)=O. The molecule has 2 aliphatic carbocycles. The molecule has 30 heavy (non-hydrogen) atoms. The number of ether oxygens (including phenoxy) is 1. The third kappa shape index (κ3) is 3.87. The second-order valence-electron chi connectivity index (χ2n) is 8.37. The minimum atomic E-state index is -3.56. The number of nitrogens with one attached hydrogen (secondary N) is 1. The van der Waals surface area contributed by atoms with E-state index in [0.717, 1.165) is 6.26 Å². The van der Waals surface area contributed by atoms with Crippen molar-refractivity contribution in [1.29, 1.82) is 0 Å². The van der Waals surface area contributed by atoms with Gasteiger partial charge in [0.1, 0.15) is 17.7 Å². The Kier molecular flexibility index (Phi) is 5.22. The Hall–Kier alpha value is -1.58. The first-order valence-corrected chi connectivity index (χ1v) is 11.9. The molecule has 1 unspecified atom stereocenters. The van der Waals surface area contributed by atoms with Crippen molar-refractivity contribution in [2.45, 2.75) is 62.2 Å². The smallest absolute Gasteiger partial charge is 0.254 e. The molecule has 0 saturated heterocycles. The second-order valence-corrected chi connectivity index (χ2v) is 10.7. The molecular formula is C20H22ClF3N2O3S. The van der Waals surface area contributed by atoms with Gasteiger partial charge in [-0.2, -0.15) is 0 Å². The van der Waals surface area contributed by atoms with Gasteiger partial charge in [-0.15, -0.1) is 0 Å². The fourth-order valence-electron chi connectivity index (χ4n) is 4.32. The van der Waals surface area contributed by atoms with Gasteiger partial charge < -0.3 is 9.72 Å². The molecule has 1 aromatic heterocycles. The number of sulfone groups is 1. The zero-order valence-corrected chi connectivity index (χ0v) is 18.1. The maximum Gasteiger partial charge on any atom is 0.254 e. The quantitative estimate of drug-likeness (QED) is 0.679. The van der Waals surface area contributed by atoms with Gasteiger partial charge in [0.15, 0.2) is 14.9 Å². The zero-order chi connectivity index (χ0) is 21.9. The summed E-state index contributed by atoms with van der Waals surface area (Å²) in [7, 11) is -3.56. The summed E-state index contributed by atoms with van der Waals surface area (Å²) in [5.41, 5.74) is -0.0477. The first kappa shape index (κ1) is 21.6. The highest BCUT2D eigenvalue weighted by Crippen LogP contribution is 2.67. The lowest BCUT2D eigenvalue weighted by atomic mass is 9.84. The van der Waals surface area contributed by atoms with Crippen LogP contribution >= 0.6 is 11.6 Å². The van der Waals surface area contributed by atoms with E-state index in [9.17, 15) is 21.6 Å². The van der Waals surface area contributed by atoms with Crippen LogP contribution < -0.4 is 0 Å². The molecule has 4 rings (SSSR count). The average molecular weight is 463 g/mol. The number of benzene rings is 1. The standard InChI is InChI=1S/C20H22ClF3N2O3S/c1-11-18(30(2,27)28)26-17(25-11)16(12-3-4-15(22)14(21)9-12)29-13-5-7-19(8-6-13)10-20(19,23)24/h3-4,9,13,16H,5-8,10H2,1-2H3,(H,25,26). The van der Waals surface area contributed by atoms with Gasteiger partial charge in [-0.25, -0.2) is 26.6 Å². The molecule has 2 fully saturated rings. The van der Waals surface area contributed by atoms with Crippen LogP contribution in [0.2, 0.25) is 5.02 Å². The Morgan fingerprint density at radius 1 is 1.30 bits per heavy atom. The molecular weight excluding hydrogens is 441 g/mol. The van der Waals surface area contributed by atoms with Crippen molar-refractivity contribution < 1.29 is 26.3 Å². The van der Waals surface area contributed by atoms with Gasteiger partial charge in [0, 0.05) is 18.1 Å². The van der Waals surface area contributed by atoms with Gasteiger partial charge >= 0.3 is 0 Å². The predicted molar refractivity (Wildman–Crippen MR) is 105 cm³/mol. The molecule has 1 heterocycles. The Labute approximate surface area is 177 Å². The van der Waals surface area contributed by atoms with Crippen molar-refractivity contribution in [2.24, 2.45) is 5.41 Å². The van der Waals surface area contributed by atoms with Crippen LogP contribution in [0, 0.1) is 18.2 Å². The summed E-state index contributed by atoms with van der Waals surface area (Å²) in [5.74, 6) is -2.94. The maximum atomic E-state index is 13.7. The van der Waals surface area contributed by atoms with Crippen LogP contribution in [0.4, 0.5) is 13.2 Å². The molecule has 5 nitrogen and oxygen atoms in total. The Morgan fingerprint density at radius 3 is 2.43 bits per heavy atom. The van der Waals surface area contributed by atoms with Crippen LogP contribution in [-0.4, -0.2) is 36.7 Å². The molecule has 164 valence electrons. The van der Waals surface area contributed by atoms with Crippen LogP contribution in [0.5, 0.6) is 0 Å². The number of hydrogen-bond donors (Lipinski definition) is 1. The third-order valence-electron chi connectivity index (χ3n) is 6.13. The van der Waals surface area contributed by atoms with Gasteiger partial charge in [-0.3, -0.25) is 0 Å². The first-order valence-electron chi connectivity index (χ1n) is 9.67. The Morgan fingerprint density at radius 2 is 1.93 bits per heavy atom. The van der Waals surface area contributed by atoms with Crippen molar-refractivity contribution in [2.75, 3.05) is 6.26 Å². The normalized spacial score (nSPS) is 26.7. The monoisotopic (exact) mass is 462 g/mol. The number of aromatic amines is 1. The number of imidazole rings is 1. The van der Waals surface area contributed by atoms with E-state index < -0.39 is 33.1 Å². The molecule has 2 aromatic rings. The molecule has 10 heteroatoms. The van der Waals surface area contributed by atoms with Crippen molar-refractivity contribution in [3.8, 4) is 0 Å². The number of alkyl halides is 2. The van der Waals surface area contributed by atoms with E-state index in [1.54, 1.807) is 6.92 Å². The predicted octanol–water partition coefficient (Wildman–Crippen LogP) is 4.99. The first-order chi connectivity index (χ1) is 13.9. The number of rotatable bonds is 5. The molecule has 0 bridgehead atoms. The van der Waals surface area contributed by atoms with Crippen molar-refractivity contribution in [1.82, 2.24) is 9.97 Å². The third-order valence-corrected chi connectivity index (χ3v) is 7.52. The highest BCUT2D eigenvalue weighted by molar-refractivity contribution is 7.90. The fourth-order valence-corrected chi connectivity index (χ4v) is 5.38. The summed E-state index contributed by atoms with van der Waals surface area (Å²) >= 11 is 5.93. The van der Waals surface area contributed by atoms with E-state index in [-0.39, 0.29) is 28.4 Å². The van der Waals surface area contributed by atoms with E-state index >= 15 is 0 Å². The van der Waals surface area contributed by atoms with Gasteiger partial charge in [0.25, 0.3) is 5.92 Å². The number of aryl methyl sites for hydroxylation is 1. The summed E-state index contributed by atoms with van der Waals surface area (Å²) in [4.78, 5) is 7.16. The molecule has 1 aromatic carbocycles. The van der Waals surface area contributed by atoms with Gasteiger partial charge in [0.05, 0.1) is 16.8 Å². The van der Waals surface area contributed by atoms with Gasteiger partial charge in [-0.1, -0.05) is 17.7 Å². The number of nitrogens with zero attached hydrogens (tertiary/aromatic N) is 1. The number of hydrogen-bond acceptors (Lipinski definition) is 4. The largest absolute Gasteiger partial charge is 0.362 e. The number of H-pyrrole nitrogens is 1. The van der Waals surface area contributed by atoms with E-state index in [0.29, 0.717) is 36.9 Å². The summed E-state index contributed by atoms with van der Waals surface area (Å²) in [6.45, 7) is 1.58. The van der Waals surface area contributed by atoms with E-state index in [1.807, 2.05) is 0 Å². The average Bonchev–Trinajstić information content (AvgIpc) is 2.96. The molecule has 2 aliphatic rings. The van der Waals surface area contributed by atoms with Crippen LogP contribution in [0.3, 0.4) is 0 Å². The lowest BCUT2D eigenvalue weighted by Crippen LogP contribution is -2.27. The number of halogens is 4. The molecule has 2 saturated carbocycles. The Balaban J connectivity index is 1.62. The summed E-state index contributed by atoms with van der Waals surface area (Å²) in [6.07, 6.45) is 1.49. The highest BCUT2D eigenvalue weighted by Gasteiger charge is 2.70. The number of aromatic nitrogens is 2. The Bertz CT molecular complexity index is 1080. The molecule has 0 radical (unpaired) electrons. The van der Waals surface area contributed by atoms with Crippen LogP contribution in [-0.2, 0) is 14.6 Å². The summed E-state index contributed by atoms with van der Waals surface area (Å²) in [6, 6.07) is 4.09. The molecule has 0 amide bonds. The van der Waals surface area contributed by atoms with Crippen molar-refractivity contribution in [3.63, 3.8) is 0 Å². The van der Waals surface area contributed by atoms with E-state index in [1.165, 1.54) is 18.2 Å². The van der Waals surface area contributed by atoms with E-state index in [2.05, 4.69) is 9.97 Å². The van der Waals surface area contributed by atoms with E-state index in [4.69, 9.17) is 16.3 Å². The second kappa shape index (κ2) is 7.24. The molecule has 0 aliphatic heterocycles. The topological polar surface area (TPSA) is 72.0 Å². The maximum absolute atomic E-state index is 13.7.